The molecule has 1 aliphatic heterocycles. The lowest BCUT2D eigenvalue weighted by atomic mass is 10.0. The van der Waals surface area contributed by atoms with Gasteiger partial charge >= 0.3 is 0 Å². The Morgan fingerprint density at radius 1 is 1.15 bits per heavy atom. The lowest BCUT2D eigenvalue weighted by Gasteiger charge is -2.32. The van der Waals surface area contributed by atoms with Crippen molar-refractivity contribution in [1.29, 1.82) is 0 Å². The Labute approximate surface area is 160 Å². The standard InChI is InChI=1S/C22H26N4O/c1-16-23-20-14-18(8-9-21(20)25(16)2)22(27)24-19-10-12-26(13-11-19)15-17-6-4-3-5-7-17/h3-9,14,19H,10-13,15H2,1-2H3,(H,24,27). The number of rotatable bonds is 4. The van der Waals surface area contributed by atoms with E-state index in [1.54, 1.807) is 0 Å². The van der Waals surface area contributed by atoms with Crippen LogP contribution in [0.1, 0.15) is 34.6 Å². The number of hydrogen-bond acceptors (Lipinski definition) is 3. The summed E-state index contributed by atoms with van der Waals surface area (Å²) in [5.41, 5.74) is 3.96. The number of imidazole rings is 1. The molecule has 2 aromatic carbocycles. The van der Waals surface area contributed by atoms with Crippen LogP contribution in [-0.2, 0) is 13.6 Å². The molecule has 140 valence electrons. The smallest absolute Gasteiger partial charge is 0.251 e. The van der Waals surface area contributed by atoms with Crippen LogP contribution in [0, 0.1) is 6.92 Å². The largest absolute Gasteiger partial charge is 0.349 e. The van der Waals surface area contributed by atoms with Crippen molar-refractivity contribution >= 4 is 16.9 Å². The van der Waals surface area contributed by atoms with Gasteiger partial charge in [0.25, 0.3) is 5.91 Å². The summed E-state index contributed by atoms with van der Waals surface area (Å²) in [6.07, 6.45) is 1.98. The van der Waals surface area contributed by atoms with Crippen LogP contribution < -0.4 is 5.32 Å². The van der Waals surface area contributed by atoms with E-state index in [0.717, 1.165) is 49.3 Å². The monoisotopic (exact) mass is 362 g/mol. The van der Waals surface area contributed by atoms with Crippen LogP contribution in [0.5, 0.6) is 0 Å². The minimum atomic E-state index is 0.00159. The van der Waals surface area contributed by atoms with E-state index in [1.807, 2.05) is 36.7 Å². The molecule has 0 unspecified atom stereocenters. The number of carbonyl (C=O) groups is 1. The highest BCUT2D eigenvalue weighted by Crippen LogP contribution is 2.18. The molecular formula is C22H26N4O. The van der Waals surface area contributed by atoms with Crippen LogP contribution in [0.15, 0.2) is 48.5 Å². The van der Waals surface area contributed by atoms with Crippen LogP contribution in [0.3, 0.4) is 0 Å². The number of fused-ring (bicyclic) bond motifs is 1. The normalized spacial score (nSPS) is 15.9. The molecule has 0 aliphatic carbocycles. The van der Waals surface area contributed by atoms with Crippen LogP contribution >= 0.6 is 0 Å². The SMILES string of the molecule is Cc1nc2cc(C(=O)NC3CCN(Cc4ccccc4)CC3)ccc2n1C. The maximum Gasteiger partial charge on any atom is 0.251 e. The highest BCUT2D eigenvalue weighted by Gasteiger charge is 2.21. The Kier molecular flexibility index (Phi) is 4.94. The average Bonchev–Trinajstić information content (AvgIpc) is 2.97. The number of carbonyl (C=O) groups excluding carboxylic acids is 1. The number of likely N-dealkylation sites (tertiary alicyclic amines) is 1. The van der Waals surface area contributed by atoms with Gasteiger partial charge in [0.15, 0.2) is 0 Å². The Balaban J connectivity index is 1.34. The lowest BCUT2D eigenvalue weighted by Crippen LogP contribution is -2.44. The second-order valence-electron chi connectivity index (χ2n) is 7.43. The predicted octanol–water partition coefficient (Wildman–Crippen LogP) is 3.28. The van der Waals surface area contributed by atoms with Crippen molar-refractivity contribution in [2.45, 2.75) is 32.4 Å². The molecule has 3 aromatic rings. The average molecular weight is 362 g/mol. The van der Waals surface area contributed by atoms with E-state index in [1.165, 1.54) is 5.56 Å². The summed E-state index contributed by atoms with van der Waals surface area (Å²) < 4.78 is 2.04. The van der Waals surface area contributed by atoms with Crippen molar-refractivity contribution in [2.24, 2.45) is 7.05 Å². The summed E-state index contributed by atoms with van der Waals surface area (Å²) in [6, 6.07) is 16.6. The van der Waals surface area contributed by atoms with E-state index in [9.17, 15) is 4.79 Å². The zero-order valence-corrected chi connectivity index (χ0v) is 16.0. The minimum absolute atomic E-state index is 0.00159. The molecule has 27 heavy (non-hydrogen) atoms. The van der Waals surface area contributed by atoms with Gasteiger partial charge < -0.3 is 9.88 Å². The van der Waals surface area contributed by atoms with Gasteiger partial charge in [-0.15, -0.1) is 0 Å². The zero-order valence-electron chi connectivity index (χ0n) is 16.0. The second-order valence-corrected chi connectivity index (χ2v) is 7.43. The Morgan fingerprint density at radius 2 is 1.89 bits per heavy atom. The summed E-state index contributed by atoms with van der Waals surface area (Å²) in [6.45, 7) is 4.98. The maximum absolute atomic E-state index is 12.7. The first-order chi connectivity index (χ1) is 13.1. The second kappa shape index (κ2) is 7.53. The number of hydrogen-bond donors (Lipinski definition) is 1. The van der Waals surface area contributed by atoms with Crippen LogP contribution in [0.2, 0.25) is 0 Å². The van der Waals surface area contributed by atoms with Gasteiger partial charge in [-0.3, -0.25) is 9.69 Å². The first-order valence-electron chi connectivity index (χ1n) is 9.60. The van der Waals surface area contributed by atoms with Gasteiger partial charge in [0, 0.05) is 38.3 Å². The van der Waals surface area contributed by atoms with Crippen LogP contribution in [0.25, 0.3) is 11.0 Å². The molecule has 5 nitrogen and oxygen atoms in total. The lowest BCUT2D eigenvalue weighted by molar-refractivity contribution is 0.0909. The minimum Gasteiger partial charge on any atom is -0.349 e. The van der Waals surface area contributed by atoms with Crippen molar-refractivity contribution < 1.29 is 4.79 Å². The Morgan fingerprint density at radius 3 is 2.63 bits per heavy atom. The predicted molar refractivity (Wildman–Crippen MR) is 108 cm³/mol. The molecule has 2 heterocycles. The molecule has 4 rings (SSSR count). The Bertz CT molecular complexity index is 940. The molecule has 1 saturated heterocycles. The summed E-state index contributed by atoms with van der Waals surface area (Å²) in [5, 5.41) is 3.21. The number of piperidine rings is 1. The highest BCUT2D eigenvalue weighted by atomic mass is 16.1. The summed E-state index contributed by atoms with van der Waals surface area (Å²) >= 11 is 0. The molecular weight excluding hydrogens is 336 g/mol. The van der Waals surface area contributed by atoms with Gasteiger partial charge in [-0.1, -0.05) is 30.3 Å². The third kappa shape index (κ3) is 3.88. The molecule has 0 bridgehead atoms. The maximum atomic E-state index is 12.7. The summed E-state index contributed by atoms with van der Waals surface area (Å²) in [5.74, 6) is 0.954. The van der Waals surface area contributed by atoms with Crippen LogP contribution in [0.4, 0.5) is 0 Å². The van der Waals surface area contributed by atoms with Gasteiger partial charge in [0.1, 0.15) is 5.82 Å². The van der Waals surface area contributed by atoms with Gasteiger partial charge in [-0.2, -0.15) is 0 Å². The van der Waals surface area contributed by atoms with E-state index in [4.69, 9.17) is 0 Å². The van der Waals surface area contributed by atoms with Gasteiger partial charge in [0.05, 0.1) is 11.0 Å². The van der Waals surface area contributed by atoms with Crippen molar-refractivity contribution in [2.75, 3.05) is 13.1 Å². The highest BCUT2D eigenvalue weighted by molar-refractivity contribution is 5.97. The van der Waals surface area contributed by atoms with E-state index in [-0.39, 0.29) is 11.9 Å². The summed E-state index contributed by atoms with van der Waals surface area (Å²) in [4.78, 5) is 19.6. The fourth-order valence-electron chi connectivity index (χ4n) is 3.81. The number of benzene rings is 2. The van der Waals surface area contributed by atoms with E-state index in [2.05, 4.69) is 45.5 Å². The van der Waals surface area contributed by atoms with E-state index in [0.29, 0.717) is 5.56 Å². The number of amides is 1. The first kappa shape index (κ1) is 17.7. The fraction of sp³-hybridized carbons (Fsp3) is 0.364. The topological polar surface area (TPSA) is 50.2 Å². The van der Waals surface area contributed by atoms with E-state index >= 15 is 0 Å². The first-order valence-corrected chi connectivity index (χ1v) is 9.60. The molecule has 0 radical (unpaired) electrons. The van der Waals surface area contributed by atoms with Gasteiger partial charge in [-0.25, -0.2) is 4.98 Å². The van der Waals surface area contributed by atoms with Crippen molar-refractivity contribution in [1.82, 2.24) is 19.8 Å². The number of aryl methyl sites for hydroxylation is 2. The fourth-order valence-corrected chi connectivity index (χ4v) is 3.81. The quantitative estimate of drug-likeness (QED) is 0.775. The molecule has 0 saturated carbocycles. The molecule has 0 atom stereocenters. The Hall–Kier alpha value is -2.66. The number of aromatic nitrogens is 2. The molecule has 5 heteroatoms. The number of nitrogens with zero attached hydrogens (tertiary/aromatic N) is 3. The third-order valence-electron chi connectivity index (χ3n) is 5.54. The summed E-state index contributed by atoms with van der Waals surface area (Å²) in [7, 11) is 1.99. The van der Waals surface area contributed by atoms with Gasteiger partial charge in [0.2, 0.25) is 0 Å². The molecule has 1 aromatic heterocycles. The van der Waals surface area contributed by atoms with Gasteiger partial charge in [-0.05, 0) is 43.5 Å². The molecule has 1 amide bonds. The number of nitrogens with one attached hydrogen (secondary N) is 1. The third-order valence-corrected chi connectivity index (χ3v) is 5.54. The van der Waals surface area contributed by atoms with Crippen molar-refractivity contribution in [3.05, 3.63) is 65.5 Å². The molecule has 0 spiro atoms. The van der Waals surface area contributed by atoms with E-state index < -0.39 is 0 Å². The van der Waals surface area contributed by atoms with Crippen LogP contribution in [-0.4, -0.2) is 39.5 Å². The van der Waals surface area contributed by atoms with Crippen molar-refractivity contribution in [3.63, 3.8) is 0 Å². The zero-order chi connectivity index (χ0) is 18.8. The molecule has 1 aliphatic rings. The molecule has 1 fully saturated rings. The van der Waals surface area contributed by atoms with Crippen molar-refractivity contribution in [3.8, 4) is 0 Å². The molecule has 1 N–H and O–H groups in total.